The monoisotopic (exact) mass is 194 g/mol. The maximum absolute atomic E-state index is 5.48. The number of nitrogens with zero attached hydrogens (tertiary/aromatic N) is 1. The van der Waals surface area contributed by atoms with E-state index in [2.05, 4.69) is 10.3 Å². The summed E-state index contributed by atoms with van der Waals surface area (Å²) < 4.78 is 11.0. The number of nitrogens with one attached hydrogen (secondary N) is 1. The van der Waals surface area contributed by atoms with Gasteiger partial charge in [0, 0.05) is 25.4 Å². The molecule has 1 aliphatic rings. The number of rotatable bonds is 3. The summed E-state index contributed by atoms with van der Waals surface area (Å²) in [5.74, 6) is 0.654. The van der Waals surface area contributed by atoms with Crippen LogP contribution in [0.2, 0.25) is 0 Å². The van der Waals surface area contributed by atoms with E-state index in [9.17, 15) is 0 Å². The average Bonchev–Trinajstić information content (AvgIpc) is 2.29. The van der Waals surface area contributed by atoms with Crippen molar-refractivity contribution < 1.29 is 9.47 Å². The zero-order chi connectivity index (χ0) is 9.64. The van der Waals surface area contributed by atoms with Crippen molar-refractivity contribution in [3.05, 3.63) is 24.4 Å². The molecule has 0 aliphatic carbocycles. The first-order chi connectivity index (χ1) is 6.95. The highest BCUT2D eigenvalue weighted by Gasteiger charge is 2.13. The second kappa shape index (κ2) is 4.93. The standard InChI is InChI=1S/C10H14N2O2/c1-2-4-12-10(3-1)14-8-9-7-11-5-6-13-9/h1-4,9,11H,5-8H2. The minimum Gasteiger partial charge on any atom is -0.475 e. The van der Waals surface area contributed by atoms with Crippen molar-refractivity contribution in [1.29, 1.82) is 0 Å². The number of aromatic nitrogens is 1. The van der Waals surface area contributed by atoms with Crippen molar-refractivity contribution >= 4 is 0 Å². The van der Waals surface area contributed by atoms with Crippen molar-refractivity contribution in [3.63, 3.8) is 0 Å². The van der Waals surface area contributed by atoms with Gasteiger partial charge < -0.3 is 14.8 Å². The number of hydrogen-bond donors (Lipinski definition) is 1. The highest BCUT2D eigenvalue weighted by molar-refractivity contribution is 5.09. The van der Waals surface area contributed by atoms with E-state index < -0.39 is 0 Å². The van der Waals surface area contributed by atoms with Crippen molar-refractivity contribution in [2.24, 2.45) is 0 Å². The topological polar surface area (TPSA) is 43.4 Å². The lowest BCUT2D eigenvalue weighted by atomic mass is 10.3. The summed E-state index contributed by atoms with van der Waals surface area (Å²) in [6.07, 6.45) is 1.86. The van der Waals surface area contributed by atoms with E-state index in [-0.39, 0.29) is 6.10 Å². The van der Waals surface area contributed by atoms with Gasteiger partial charge in [0.1, 0.15) is 12.7 Å². The Labute approximate surface area is 83.2 Å². The molecule has 0 aromatic carbocycles. The molecule has 1 saturated heterocycles. The fraction of sp³-hybridized carbons (Fsp3) is 0.500. The first-order valence-corrected chi connectivity index (χ1v) is 4.81. The molecule has 0 amide bonds. The summed E-state index contributed by atoms with van der Waals surface area (Å²) in [5, 5.41) is 3.25. The van der Waals surface area contributed by atoms with Gasteiger partial charge in [-0.15, -0.1) is 0 Å². The van der Waals surface area contributed by atoms with Gasteiger partial charge in [-0.3, -0.25) is 0 Å². The summed E-state index contributed by atoms with van der Waals surface area (Å²) in [7, 11) is 0. The second-order valence-electron chi connectivity index (χ2n) is 3.18. The van der Waals surface area contributed by atoms with Crippen LogP contribution in [0.5, 0.6) is 5.88 Å². The maximum atomic E-state index is 5.48. The van der Waals surface area contributed by atoms with Gasteiger partial charge in [-0.05, 0) is 6.07 Å². The van der Waals surface area contributed by atoms with E-state index in [1.54, 1.807) is 6.20 Å². The Morgan fingerprint density at radius 1 is 1.57 bits per heavy atom. The van der Waals surface area contributed by atoms with Gasteiger partial charge in [-0.1, -0.05) is 6.07 Å². The highest BCUT2D eigenvalue weighted by atomic mass is 16.5. The SMILES string of the molecule is c1ccc(OCC2CNCCO2)nc1. The van der Waals surface area contributed by atoms with Gasteiger partial charge in [0.05, 0.1) is 6.61 Å². The van der Waals surface area contributed by atoms with E-state index in [0.717, 1.165) is 19.7 Å². The molecule has 1 N–H and O–H groups in total. The summed E-state index contributed by atoms with van der Waals surface area (Å²) >= 11 is 0. The molecule has 4 nitrogen and oxygen atoms in total. The summed E-state index contributed by atoms with van der Waals surface area (Å²) in [5.41, 5.74) is 0. The Morgan fingerprint density at radius 3 is 3.29 bits per heavy atom. The Morgan fingerprint density at radius 2 is 2.57 bits per heavy atom. The molecule has 0 bridgehead atoms. The first kappa shape index (κ1) is 9.43. The van der Waals surface area contributed by atoms with E-state index in [1.807, 2.05) is 18.2 Å². The van der Waals surface area contributed by atoms with E-state index >= 15 is 0 Å². The molecule has 76 valence electrons. The molecule has 1 fully saturated rings. The Kier molecular flexibility index (Phi) is 3.32. The zero-order valence-electron chi connectivity index (χ0n) is 7.98. The number of morpholine rings is 1. The van der Waals surface area contributed by atoms with Crippen LogP contribution in [0.15, 0.2) is 24.4 Å². The zero-order valence-corrected chi connectivity index (χ0v) is 7.98. The predicted molar refractivity (Wildman–Crippen MR) is 52.3 cm³/mol. The lowest BCUT2D eigenvalue weighted by molar-refractivity contribution is -0.000739. The van der Waals surface area contributed by atoms with Gasteiger partial charge in [0.25, 0.3) is 0 Å². The van der Waals surface area contributed by atoms with Gasteiger partial charge in [0.15, 0.2) is 0 Å². The van der Waals surface area contributed by atoms with Crippen LogP contribution < -0.4 is 10.1 Å². The molecule has 0 spiro atoms. The third-order valence-corrected chi connectivity index (χ3v) is 2.06. The molecular formula is C10H14N2O2. The van der Waals surface area contributed by atoms with Crippen molar-refractivity contribution in [3.8, 4) is 5.88 Å². The lowest BCUT2D eigenvalue weighted by Gasteiger charge is -2.23. The van der Waals surface area contributed by atoms with Gasteiger partial charge in [-0.2, -0.15) is 0 Å². The summed E-state index contributed by atoms with van der Waals surface area (Å²) in [4.78, 5) is 4.06. The van der Waals surface area contributed by atoms with Crippen molar-refractivity contribution in [2.45, 2.75) is 6.10 Å². The minimum atomic E-state index is 0.144. The van der Waals surface area contributed by atoms with E-state index in [1.165, 1.54) is 0 Å². The fourth-order valence-corrected chi connectivity index (χ4v) is 1.34. The Bertz CT molecular complexity index is 260. The maximum Gasteiger partial charge on any atom is 0.213 e. The van der Waals surface area contributed by atoms with Crippen LogP contribution in [0.25, 0.3) is 0 Å². The smallest absolute Gasteiger partial charge is 0.213 e. The van der Waals surface area contributed by atoms with Crippen LogP contribution in [0.1, 0.15) is 0 Å². The van der Waals surface area contributed by atoms with Crippen LogP contribution >= 0.6 is 0 Å². The molecule has 0 saturated carbocycles. The molecule has 0 radical (unpaired) electrons. The minimum absolute atomic E-state index is 0.144. The van der Waals surface area contributed by atoms with Crippen molar-refractivity contribution in [2.75, 3.05) is 26.3 Å². The predicted octanol–water partition coefficient (Wildman–Crippen LogP) is 0.449. The second-order valence-corrected chi connectivity index (χ2v) is 3.18. The summed E-state index contributed by atoms with van der Waals surface area (Å²) in [6.45, 7) is 3.10. The quantitative estimate of drug-likeness (QED) is 0.758. The summed E-state index contributed by atoms with van der Waals surface area (Å²) in [6, 6.07) is 5.62. The van der Waals surface area contributed by atoms with E-state index in [4.69, 9.17) is 9.47 Å². The van der Waals surface area contributed by atoms with Crippen LogP contribution in [0.4, 0.5) is 0 Å². The molecule has 2 rings (SSSR count). The number of hydrogen-bond acceptors (Lipinski definition) is 4. The van der Waals surface area contributed by atoms with Crippen LogP contribution in [0, 0.1) is 0 Å². The molecule has 1 aliphatic heterocycles. The van der Waals surface area contributed by atoms with Crippen LogP contribution in [-0.2, 0) is 4.74 Å². The van der Waals surface area contributed by atoms with E-state index in [0.29, 0.717) is 12.5 Å². The fourth-order valence-electron chi connectivity index (χ4n) is 1.34. The average molecular weight is 194 g/mol. The molecular weight excluding hydrogens is 180 g/mol. The van der Waals surface area contributed by atoms with Crippen LogP contribution in [0.3, 0.4) is 0 Å². The van der Waals surface area contributed by atoms with Gasteiger partial charge >= 0.3 is 0 Å². The normalized spacial score (nSPS) is 21.9. The number of ether oxygens (including phenoxy) is 2. The third kappa shape index (κ3) is 2.68. The van der Waals surface area contributed by atoms with Crippen LogP contribution in [-0.4, -0.2) is 37.4 Å². The molecule has 14 heavy (non-hydrogen) atoms. The first-order valence-electron chi connectivity index (χ1n) is 4.81. The molecule has 4 heteroatoms. The Hall–Kier alpha value is -1.13. The molecule has 1 atom stereocenters. The molecule has 2 heterocycles. The van der Waals surface area contributed by atoms with Gasteiger partial charge in [-0.25, -0.2) is 4.98 Å². The highest BCUT2D eigenvalue weighted by Crippen LogP contribution is 2.05. The van der Waals surface area contributed by atoms with Crippen molar-refractivity contribution in [1.82, 2.24) is 10.3 Å². The largest absolute Gasteiger partial charge is 0.475 e. The molecule has 1 aromatic heterocycles. The third-order valence-electron chi connectivity index (χ3n) is 2.06. The molecule has 1 unspecified atom stereocenters. The lowest BCUT2D eigenvalue weighted by Crippen LogP contribution is -2.41. The Balaban J connectivity index is 1.76. The molecule has 1 aromatic rings. The number of pyridine rings is 1. The van der Waals surface area contributed by atoms with Gasteiger partial charge in [0.2, 0.25) is 5.88 Å².